The third kappa shape index (κ3) is 3.10. The maximum atomic E-state index is 11.2. The van der Waals surface area contributed by atoms with Crippen LogP contribution in [0.3, 0.4) is 0 Å². The summed E-state index contributed by atoms with van der Waals surface area (Å²) in [5, 5.41) is 2.93. The van der Waals surface area contributed by atoms with E-state index in [1.54, 1.807) is 19.0 Å². The highest BCUT2D eigenvalue weighted by atomic mass is 32.2. The van der Waals surface area contributed by atoms with Gasteiger partial charge in [-0.15, -0.1) is 0 Å². The number of hydrogen-bond donors (Lipinski definition) is 1. The van der Waals surface area contributed by atoms with Crippen LogP contribution in [0, 0.1) is 0 Å². The molecule has 1 unspecified atom stereocenters. The summed E-state index contributed by atoms with van der Waals surface area (Å²) in [6, 6.07) is 0.00808. The third-order valence-corrected chi connectivity index (χ3v) is 3.86. The molecular formula is C9H18N2OS. The first-order valence-corrected chi connectivity index (χ1v) is 5.61. The Bertz CT molecular complexity index is 188. The van der Waals surface area contributed by atoms with E-state index in [9.17, 15) is 4.79 Å². The summed E-state index contributed by atoms with van der Waals surface area (Å²) in [6.45, 7) is 3.01. The van der Waals surface area contributed by atoms with E-state index < -0.39 is 0 Å². The number of carbonyl (C=O) groups is 1. The minimum Gasteiger partial charge on any atom is -0.337 e. The topological polar surface area (TPSA) is 32.3 Å². The largest absolute Gasteiger partial charge is 0.337 e. The van der Waals surface area contributed by atoms with Crippen molar-refractivity contribution < 1.29 is 4.79 Å². The minimum atomic E-state index is 0.00808. The van der Waals surface area contributed by atoms with Crippen LogP contribution in [0.25, 0.3) is 0 Å². The number of hydrogen-bond acceptors (Lipinski definition) is 2. The summed E-state index contributed by atoms with van der Waals surface area (Å²) >= 11 is 1.97. The fourth-order valence-electron chi connectivity index (χ4n) is 1.40. The quantitative estimate of drug-likeness (QED) is 0.736. The van der Waals surface area contributed by atoms with Crippen LogP contribution in [0.2, 0.25) is 0 Å². The van der Waals surface area contributed by atoms with Crippen molar-refractivity contribution in [2.75, 3.05) is 26.4 Å². The molecule has 1 atom stereocenters. The molecule has 0 aliphatic carbocycles. The van der Waals surface area contributed by atoms with Crippen molar-refractivity contribution >= 4 is 17.8 Å². The lowest BCUT2D eigenvalue weighted by molar-refractivity contribution is 0.216. The Hall–Kier alpha value is -0.380. The van der Waals surface area contributed by atoms with Crippen LogP contribution in [0.5, 0.6) is 0 Å². The van der Waals surface area contributed by atoms with Crippen LogP contribution >= 0.6 is 11.8 Å². The molecule has 0 aromatic carbocycles. The van der Waals surface area contributed by atoms with Crippen molar-refractivity contribution in [1.82, 2.24) is 10.2 Å². The predicted molar refractivity (Wildman–Crippen MR) is 57.2 cm³/mol. The molecule has 1 N–H and O–H groups in total. The third-order valence-electron chi connectivity index (χ3n) is 2.32. The average Bonchev–Trinajstić information content (AvgIpc) is 2.48. The second kappa shape index (κ2) is 4.22. The molecule has 0 aromatic rings. The van der Waals surface area contributed by atoms with Crippen molar-refractivity contribution in [2.45, 2.75) is 24.5 Å². The van der Waals surface area contributed by atoms with Gasteiger partial charge < -0.3 is 10.2 Å². The summed E-state index contributed by atoms with van der Waals surface area (Å²) in [5.41, 5.74) is 0. The Labute approximate surface area is 84.2 Å². The van der Waals surface area contributed by atoms with Crippen LogP contribution in [0.1, 0.15) is 19.8 Å². The summed E-state index contributed by atoms with van der Waals surface area (Å²) in [7, 11) is 3.53. The maximum absolute atomic E-state index is 11.2. The molecule has 2 amide bonds. The molecule has 1 saturated heterocycles. The van der Waals surface area contributed by atoms with Gasteiger partial charge in [-0.3, -0.25) is 0 Å². The van der Waals surface area contributed by atoms with Crippen LogP contribution in [0.4, 0.5) is 4.79 Å². The lowest BCUT2D eigenvalue weighted by Crippen LogP contribution is -2.41. The van der Waals surface area contributed by atoms with Gasteiger partial charge in [-0.2, -0.15) is 11.8 Å². The van der Waals surface area contributed by atoms with Crippen molar-refractivity contribution in [3.63, 3.8) is 0 Å². The predicted octanol–water partition coefficient (Wildman–Crippen LogP) is 1.54. The van der Waals surface area contributed by atoms with Gasteiger partial charge in [0.1, 0.15) is 0 Å². The molecule has 0 saturated carbocycles. The van der Waals surface area contributed by atoms with Gasteiger partial charge in [0.25, 0.3) is 0 Å². The molecule has 1 heterocycles. The number of nitrogens with zero attached hydrogens (tertiary/aromatic N) is 1. The molecule has 0 bridgehead atoms. The van der Waals surface area contributed by atoms with Gasteiger partial charge in [0.2, 0.25) is 0 Å². The molecule has 1 fully saturated rings. The second-order valence-corrected chi connectivity index (χ2v) is 5.64. The SMILES string of the molecule is CN(C)C(=O)NCC1(C)CCCS1. The Morgan fingerprint density at radius 3 is 2.77 bits per heavy atom. The Kier molecular flexibility index (Phi) is 3.47. The van der Waals surface area contributed by atoms with Crippen molar-refractivity contribution in [1.29, 1.82) is 0 Å². The average molecular weight is 202 g/mol. The van der Waals surface area contributed by atoms with E-state index in [2.05, 4.69) is 12.2 Å². The number of nitrogens with one attached hydrogen (secondary N) is 1. The van der Waals surface area contributed by atoms with Crippen molar-refractivity contribution in [3.05, 3.63) is 0 Å². The summed E-state index contributed by atoms with van der Waals surface area (Å²) in [4.78, 5) is 12.8. The van der Waals surface area contributed by atoms with Crippen molar-refractivity contribution in [2.24, 2.45) is 0 Å². The van der Waals surface area contributed by atoms with Gasteiger partial charge in [0.15, 0.2) is 0 Å². The van der Waals surface area contributed by atoms with Gasteiger partial charge in [-0.05, 0) is 25.5 Å². The van der Waals surface area contributed by atoms with Crippen LogP contribution in [-0.2, 0) is 0 Å². The normalized spacial score (nSPS) is 27.3. The fraction of sp³-hybridized carbons (Fsp3) is 0.889. The number of carbonyl (C=O) groups excluding carboxylic acids is 1. The molecule has 0 spiro atoms. The van der Waals surface area contributed by atoms with Gasteiger partial charge in [0.05, 0.1) is 0 Å². The van der Waals surface area contributed by atoms with E-state index in [1.807, 2.05) is 11.8 Å². The number of amides is 2. The first-order chi connectivity index (χ1) is 6.03. The van der Waals surface area contributed by atoms with Gasteiger partial charge in [0, 0.05) is 25.4 Å². The molecule has 76 valence electrons. The molecule has 0 aromatic heterocycles. The molecule has 0 radical (unpaired) electrons. The molecule has 4 heteroatoms. The van der Waals surface area contributed by atoms with Gasteiger partial charge in [-0.1, -0.05) is 0 Å². The Balaban J connectivity index is 2.29. The van der Waals surface area contributed by atoms with E-state index in [0.717, 1.165) is 6.54 Å². The maximum Gasteiger partial charge on any atom is 0.316 e. The van der Waals surface area contributed by atoms with E-state index >= 15 is 0 Å². The molecule has 13 heavy (non-hydrogen) atoms. The zero-order valence-corrected chi connectivity index (χ0v) is 9.41. The first kappa shape index (κ1) is 10.7. The summed E-state index contributed by atoms with van der Waals surface area (Å²) < 4.78 is 0.270. The Morgan fingerprint density at radius 2 is 2.31 bits per heavy atom. The summed E-state index contributed by atoms with van der Waals surface area (Å²) in [6.07, 6.45) is 2.49. The second-order valence-electron chi connectivity index (χ2n) is 3.96. The highest BCUT2D eigenvalue weighted by Gasteiger charge is 2.29. The molecule has 1 rings (SSSR count). The molecular weight excluding hydrogens is 184 g/mol. The lowest BCUT2D eigenvalue weighted by Gasteiger charge is -2.24. The highest BCUT2D eigenvalue weighted by molar-refractivity contribution is 8.00. The van der Waals surface area contributed by atoms with E-state index in [1.165, 1.54) is 18.6 Å². The Morgan fingerprint density at radius 1 is 1.62 bits per heavy atom. The smallest absolute Gasteiger partial charge is 0.316 e. The van der Waals surface area contributed by atoms with Crippen LogP contribution in [-0.4, -0.2) is 42.1 Å². The standard InChI is InChI=1S/C9H18N2OS/c1-9(5-4-6-13-9)7-10-8(12)11(2)3/h4-7H2,1-3H3,(H,10,12). The van der Waals surface area contributed by atoms with Gasteiger partial charge in [-0.25, -0.2) is 4.79 Å². The molecule has 1 aliphatic rings. The summed E-state index contributed by atoms with van der Waals surface area (Å²) in [5.74, 6) is 1.23. The van der Waals surface area contributed by atoms with E-state index in [4.69, 9.17) is 0 Å². The van der Waals surface area contributed by atoms with Gasteiger partial charge >= 0.3 is 6.03 Å². The monoisotopic (exact) mass is 202 g/mol. The zero-order chi connectivity index (χ0) is 9.90. The van der Waals surface area contributed by atoms with E-state index in [-0.39, 0.29) is 10.8 Å². The number of urea groups is 1. The van der Waals surface area contributed by atoms with Crippen LogP contribution < -0.4 is 5.32 Å². The number of thioether (sulfide) groups is 1. The van der Waals surface area contributed by atoms with Crippen molar-refractivity contribution in [3.8, 4) is 0 Å². The number of rotatable bonds is 2. The molecule has 3 nitrogen and oxygen atoms in total. The van der Waals surface area contributed by atoms with Crippen LogP contribution in [0.15, 0.2) is 0 Å². The lowest BCUT2D eigenvalue weighted by atomic mass is 10.1. The highest BCUT2D eigenvalue weighted by Crippen LogP contribution is 2.36. The first-order valence-electron chi connectivity index (χ1n) is 4.63. The molecule has 1 aliphatic heterocycles. The van der Waals surface area contributed by atoms with E-state index in [0.29, 0.717) is 0 Å². The zero-order valence-electron chi connectivity index (χ0n) is 8.59. The fourth-order valence-corrected chi connectivity index (χ4v) is 2.64. The minimum absolute atomic E-state index is 0.00808.